The Labute approximate surface area is 141 Å². The maximum absolute atomic E-state index is 12.7. The Balaban J connectivity index is 2.13. The summed E-state index contributed by atoms with van der Waals surface area (Å²) in [5.41, 5.74) is -0.0339. The van der Waals surface area contributed by atoms with E-state index in [1.54, 1.807) is 18.2 Å². The van der Waals surface area contributed by atoms with E-state index in [1.165, 1.54) is 19.2 Å². The maximum atomic E-state index is 12.7. The predicted octanol–water partition coefficient (Wildman–Crippen LogP) is 5.18. The lowest BCUT2D eigenvalue weighted by molar-refractivity contribution is -0.137. The lowest BCUT2D eigenvalue weighted by atomic mass is 10.2. The van der Waals surface area contributed by atoms with Gasteiger partial charge in [0.05, 0.1) is 18.4 Å². The number of benzene rings is 2. The fraction of sp³-hybridized carbons (Fsp3) is 0.133. The second-order valence-electron chi connectivity index (χ2n) is 4.50. The van der Waals surface area contributed by atoms with E-state index in [1.807, 2.05) is 0 Å². The zero-order chi connectivity index (χ0) is 17.0. The van der Waals surface area contributed by atoms with Crippen LogP contribution in [0.15, 0.2) is 42.5 Å². The van der Waals surface area contributed by atoms with Crippen molar-refractivity contribution >= 4 is 40.3 Å². The summed E-state index contributed by atoms with van der Waals surface area (Å²) in [5.74, 6) is 0.502. The molecule has 0 aliphatic rings. The van der Waals surface area contributed by atoms with Gasteiger partial charge in [-0.3, -0.25) is 0 Å². The van der Waals surface area contributed by atoms with Gasteiger partial charge >= 0.3 is 6.18 Å². The highest BCUT2D eigenvalue weighted by molar-refractivity contribution is 7.80. The smallest absolute Gasteiger partial charge is 0.416 e. The van der Waals surface area contributed by atoms with Crippen molar-refractivity contribution in [3.63, 3.8) is 0 Å². The summed E-state index contributed by atoms with van der Waals surface area (Å²) in [6.07, 6.45) is -4.41. The standard InChI is InChI=1S/C15H12ClF3N2OS/c1-22-13-6-5-10(16)8-12(13)21-14(23)20-11-4-2-3-9(7-11)15(17,18)19/h2-8H,1H3,(H2,20,21,23). The second-order valence-corrected chi connectivity index (χ2v) is 5.35. The van der Waals surface area contributed by atoms with E-state index in [9.17, 15) is 13.2 Å². The van der Waals surface area contributed by atoms with Crippen molar-refractivity contribution in [3.8, 4) is 5.75 Å². The number of nitrogens with one attached hydrogen (secondary N) is 2. The van der Waals surface area contributed by atoms with Crippen LogP contribution in [0.3, 0.4) is 0 Å². The molecule has 3 nitrogen and oxygen atoms in total. The van der Waals surface area contributed by atoms with Gasteiger partial charge in [0.2, 0.25) is 0 Å². The summed E-state index contributed by atoms with van der Waals surface area (Å²) >= 11 is 11.0. The first kappa shape index (κ1) is 17.4. The zero-order valence-corrected chi connectivity index (χ0v) is 13.4. The normalized spacial score (nSPS) is 11.0. The second kappa shape index (κ2) is 7.06. The van der Waals surface area contributed by atoms with E-state index in [0.717, 1.165) is 12.1 Å². The van der Waals surface area contributed by atoms with Crippen molar-refractivity contribution in [1.82, 2.24) is 0 Å². The first-order valence-electron chi connectivity index (χ1n) is 6.38. The summed E-state index contributed by atoms with van der Waals surface area (Å²) in [7, 11) is 1.48. The molecule has 0 unspecified atom stereocenters. The third kappa shape index (κ3) is 4.74. The Morgan fingerprint density at radius 3 is 2.52 bits per heavy atom. The van der Waals surface area contributed by atoms with E-state index >= 15 is 0 Å². The number of methoxy groups -OCH3 is 1. The molecule has 23 heavy (non-hydrogen) atoms. The van der Waals surface area contributed by atoms with Crippen LogP contribution in [0.25, 0.3) is 0 Å². The fourth-order valence-electron chi connectivity index (χ4n) is 1.84. The van der Waals surface area contributed by atoms with Crippen LogP contribution in [0, 0.1) is 0 Å². The molecule has 0 amide bonds. The van der Waals surface area contributed by atoms with Crippen molar-refractivity contribution in [3.05, 3.63) is 53.1 Å². The fourth-order valence-corrected chi connectivity index (χ4v) is 2.24. The SMILES string of the molecule is COc1ccc(Cl)cc1NC(=S)Nc1cccc(C(F)(F)F)c1. The summed E-state index contributed by atoms with van der Waals surface area (Å²) < 4.78 is 43.2. The minimum atomic E-state index is -4.41. The number of hydrogen-bond acceptors (Lipinski definition) is 2. The predicted molar refractivity (Wildman–Crippen MR) is 89.3 cm³/mol. The largest absolute Gasteiger partial charge is 0.495 e. The number of rotatable bonds is 3. The number of alkyl halides is 3. The molecule has 0 aromatic heterocycles. The highest BCUT2D eigenvalue weighted by atomic mass is 35.5. The molecule has 2 aromatic rings. The van der Waals surface area contributed by atoms with Crippen LogP contribution in [0.5, 0.6) is 5.75 Å². The van der Waals surface area contributed by atoms with Crippen molar-refractivity contribution in [2.45, 2.75) is 6.18 Å². The van der Waals surface area contributed by atoms with Gasteiger partial charge in [-0.25, -0.2) is 0 Å². The summed E-state index contributed by atoms with van der Waals surface area (Å²) in [6, 6.07) is 9.64. The average Bonchev–Trinajstić information content (AvgIpc) is 2.46. The van der Waals surface area contributed by atoms with Crippen LogP contribution in [0.4, 0.5) is 24.5 Å². The molecule has 0 atom stereocenters. The molecule has 122 valence electrons. The molecule has 2 N–H and O–H groups in total. The molecule has 0 saturated carbocycles. The molecular weight excluding hydrogens is 349 g/mol. The highest BCUT2D eigenvalue weighted by Gasteiger charge is 2.30. The van der Waals surface area contributed by atoms with Crippen LogP contribution in [-0.2, 0) is 6.18 Å². The molecule has 2 rings (SSSR count). The Morgan fingerprint density at radius 2 is 1.87 bits per heavy atom. The van der Waals surface area contributed by atoms with Gasteiger partial charge in [-0.2, -0.15) is 13.2 Å². The summed E-state index contributed by atoms with van der Waals surface area (Å²) in [6.45, 7) is 0. The molecule has 0 heterocycles. The quantitative estimate of drug-likeness (QED) is 0.739. The number of thiocarbonyl (C=S) groups is 1. The molecule has 0 bridgehead atoms. The van der Waals surface area contributed by atoms with E-state index < -0.39 is 11.7 Å². The topological polar surface area (TPSA) is 33.3 Å². The molecule has 2 aromatic carbocycles. The molecular formula is C15H12ClF3N2OS. The Bertz CT molecular complexity index is 722. The van der Waals surface area contributed by atoms with Gasteiger partial charge in [0.1, 0.15) is 5.75 Å². The molecule has 0 spiro atoms. The van der Waals surface area contributed by atoms with Gasteiger partial charge in [-0.1, -0.05) is 17.7 Å². The van der Waals surface area contributed by atoms with E-state index in [2.05, 4.69) is 10.6 Å². The van der Waals surface area contributed by atoms with Crippen LogP contribution >= 0.6 is 23.8 Å². The van der Waals surface area contributed by atoms with Gasteiger partial charge in [-0.05, 0) is 48.6 Å². The van der Waals surface area contributed by atoms with Gasteiger partial charge in [0, 0.05) is 10.7 Å². The van der Waals surface area contributed by atoms with Crippen LogP contribution < -0.4 is 15.4 Å². The number of halogens is 4. The lowest BCUT2D eigenvalue weighted by Crippen LogP contribution is -2.20. The van der Waals surface area contributed by atoms with Crippen LogP contribution in [0.1, 0.15) is 5.56 Å². The third-order valence-corrected chi connectivity index (χ3v) is 3.30. The molecule has 0 fully saturated rings. The minimum Gasteiger partial charge on any atom is -0.495 e. The Kier molecular flexibility index (Phi) is 5.33. The highest BCUT2D eigenvalue weighted by Crippen LogP contribution is 2.31. The zero-order valence-electron chi connectivity index (χ0n) is 11.9. The molecule has 0 radical (unpaired) electrons. The van der Waals surface area contributed by atoms with Gasteiger partial charge in [-0.15, -0.1) is 0 Å². The third-order valence-electron chi connectivity index (χ3n) is 2.86. The average molecular weight is 361 g/mol. The van der Waals surface area contributed by atoms with Crippen molar-refractivity contribution < 1.29 is 17.9 Å². The van der Waals surface area contributed by atoms with Crippen LogP contribution in [0.2, 0.25) is 5.02 Å². The summed E-state index contributed by atoms with van der Waals surface area (Å²) in [4.78, 5) is 0. The van der Waals surface area contributed by atoms with Gasteiger partial charge < -0.3 is 15.4 Å². The lowest BCUT2D eigenvalue weighted by Gasteiger charge is -2.14. The van der Waals surface area contributed by atoms with E-state index in [4.69, 9.17) is 28.6 Å². The Morgan fingerprint density at radius 1 is 1.13 bits per heavy atom. The van der Waals surface area contributed by atoms with Crippen LogP contribution in [-0.4, -0.2) is 12.2 Å². The summed E-state index contributed by atoms with van der Waals surface area (Å²) in [5, 5.41) is 6.12. The van der Waals surface area contributed by atoms with Crippen molar-refractivity contribution in [1.29, 1.82) is 0 Å². The monoisotopic (exact) mass is 360 g/mol. The number of ether oxygens (including phenoxy) is 1. The molecule has 8 heteroatoms. The van der Waals surface area contributed by atoms with E-state index in [-0.39, 0.29) is 10.8 Å². The van der Waals surface area contributed by atoms with Gasteiger partial charge in [0.25, 0.3) is 0 Å². The molecule has 0 aliphatic heterocycles. The first-order chi connectivity index (χ1) is 10.8. The van der Waals surface area contributed by atoms with Crippen molar-refractivity contribution in [2.24, 2.45) is 0 Å². The van der Waals surface area contributed by atoms with E-state index in [0.29, 0.717) is 16.5 Å². The van der Waals surface area contributed by atoms with Gasteiger partial charge in [0.15, 0.2) is 5.11 Å². The molecule has 0 saturated heterocycles. The number of hydrogen-bond donors (Lipinski definition) is 2. The maximum Gasteiger partial charge on any atom is 0.416 e. The van der Waals surface area contributed by atoms with Crippen molar-refractivity contribution in [2.75, 3.05) is 17.7 Å². The molecule has 0 aliphatic carbocycles. The minimum absolute atomic E-state index is 0.116. The number of anilines is 2. The first-order valence-corrected chi connectivity index (χ1v) is 7.17. The Hall–Kier alpha value is -1.99.